The molecule has 0 aliphatic carbocycles. The molecule has 0 aliphatic heterocycles. The van der Waals surface area contributed by atoms with E-state index in [1.807, 2.05) is 30.3 Å². The van der Waals surface area contributed by atoms with Crippen molar-refractivity contribution in [3.63, 3.8) is 0 Å². The van der Waals surface area contributed by atoms with E-state index in [-0.39, 0.29) is 0 Å². The van der Waals surface area contributed by atoms with Gasteiger partial charge in [-0.1, -0.05) is 30.3 Å². The molecule has 164 valence electrons. The van der Waals surface area contributed by atoms with Crippen LogP contribution in [0.3, 0.4) is 0 Å². The van der Waals surface area contributed by atoms with Crippen molar-refractivity contribution in [2.45, 2.75) is 18.6 Å². The molecule has 4 aromatic rings. The molecule has 0 bridgehead atoms. The van der Waals surface area contributed by atoms with Gasteiger partial charge in [0.1, 0.15) is 17.9 Å². The van der Waals surface area contributed by atoms with Crippen LogP contribution in [0, 0.1) is 0 Å². The van der Waals surface area contributed by atoms with Gasteiger partial charge in [-0.2, -0.15) is 13.2 Å². The van der Waals surface area contributed by atoms with Crippen LogP contribution in [0.15, 0.2) is 72.4 Å². The molecule has 3 N–H and O–H groups in total. The van der Waals surface area contributed by atoms with Gasteiger partial charge in [0.25, 0.3) is 0 Å². The van der Waals surface area contributed by atoms with Crippen molar-refractivity contribution in [2.75, 3.05) is 5.32 Å². The number of para-hydroxylation sites is 1. The maximum Gasteiger partial charge on any atom is 0.416 e. The van der Waals surface area contributed by atoms with E-state index in [0.717, 1.165) is 12.1 Å². The lowest BCUT2D eigenvalue weighted by Gasteiger charge is -2.11. The molecule has 2 aromatic heterocycles. The highest BCUT2D eigenvalue weighted by Gasteiger charge is 2.30. The van der Waals surface area contributed by atoms with Gasteiger partial charge in [-0.3, -0.25) is 0 Å². The number of anilines is 2. The SMILES string of the molecule is NC(Cc1ccc(C(F)(F)F)cc1)c1csc(Nc2cc(Oc3ccccc3)ncn2)n1. The highest BCUT2D eigenvalue weighted by atomic mass is 32.1. The normalized spacial score (nSPS) is 12.4. The molecular formula is C22H18F3N5OS. The Morgan fingerprint density at radius 1 is 1.03 bits per heavy atom. The number of nitrogens with one attached hydrogen (secondary N) is 1. The molecule has 1 unspecified atom stereocenters. The summed E-state index contributed by atoms with van der Waals surface area (Å²) in [5.74, 6) is 1.54. The van der Waals surface area contributed by atoms with Gasteiger partial charge in [0, 0.05) is 11.4 Å². The molecule has 2 heterocycles. The molecule has 0 amide bonds. The largest absolute Gasteiger partial charge is 0.439 e. The van der Waals surface area contributed by atoms with E-state index < -0.39 is 17.8 Å². The van der Waals surface area contributed by atoms with Crippen LogP contribution >= 0.6 is 11.3 Å². The van der Waals surface area contributed by atoms with E-state index >= 15 is 0 Å². The average molecular weight is 457 g/mol. The van der Waals surface area contributed by atoms with E-state index in [9.17, 15) is 13.2 Å². The van der Waals surface area contributed by atoms with Crippen molar-refractivity contribution in [2.24, 2.45) is 5.73 Å². The van der Waals surface area contributed by atoms with Crippen LogP contribution in [-0.2, 0) is 12.6 Å². The molecule has 0 saturated carbocycles. The van der Waals surface area contributed by atoms with E-state index in [1.165, 1.54) is 29.8 Å². The van der Waals surface area contributed by atoms with Gasteiger partial charge in [0.2, 0.25) is 5.88 Å². The van der Waals surface area contributed by atoms with Gasteiger partial charge < -0.3 is 15.8 Å². The van der Waals surface area contributed by atoms with Crippen molar-refractivity contribution >= 4 is 22.3 Å². The minimum Gasteiger partial charge on any atom is -0.439 e. The summed E-state index contributed by atoms with van der Waals surface area (Å²) in [6, 6.07) is 15.4. The molecule has 32 heavy (non-hydrogen) atoms. The van der Waals surface area contributed by atoms with Gasteiger partial charge in [0.05, 0.1) is 17.3 Å². The number of rotatable bonds is 7. The third-order valence-corrected chi connectivity index (χ3v) is 5.26. The molecule has 2 aromatic carbocycles. The molecule has 0 aliphatic rings. The lowest BCUT2D eigenvalue weighted by atomic mass is 10.0. The van der Waals surface area contributed by atoms with Crippen molar-refractivity contribution in [3.8, 4) is 11.6 Å². The summed E-state index contributed by atoms with van der Waals surface area (Å²) in [6.45, 7) is 0. The number of alkyl halides is 3. The zero-order valence-electron chi connectivity index (χ0n) is 16.6. The molecule has 0 spiro atoms. The second kappa shape index (κ2) is 9.33. The Bertz CT molecular complexity index is 1170. The minimum absolute atomic E-state index is 0.365. The van der Waals surface area contributed by atoms with Gasteiger partial charge >= 0.3 is 6.18 Å². The topological polar surface area (TPSA) is 86.0 Å². The van der Waals surface area contributed by atoms with Crippen LogP contribution in [0.5, 0.6) is 11.6 Å². The average Bonchev–Trinajstić information content (AvgIpc) is 3.23. The fourth-order valence-corrected chi connectivity index (χ4v) is 3.67. The highest BCUT2D eigenvalue weighted by molar-refractivity contribution is 7.13. The summed E-state index contributed by atoms with van der Waals surface area (Å²) >= 11 is 1.35. The Labute approximate surface area is 185 Å². The summed E-state index contributed by atoms with van der Waals surface area (Å²) in [6.07, 6.45) is -2.61. The number of thiazole rings is 1. The monoisotopic (exact) mass is 457 g/mol. The van der Waals surface area contributed by atoms with Gasteiger partial charge in [-0.15, -0.1) is 11.3 Å². The minimum atomic E-state index is -4.36. The molecule has 1 atom stereocenters. The Balaban J connectivity index is 1.39. The predicted octanol–water partition coefficient (Wildman–Crippen LogP) is 5.73. The quantitative estimate of drug-likeness (QED) is 0.369. The summed E-state index contributed by atoms with van der Waals surface area (Å²) in [4.78, 5) is 12.7. The zero-order valence-corrected chi connectivity index (χ0v) is 17.4. The second-order valence-corrected chi connectivity index (χ2v) is 7.72. The third kappa shape index (κ3) is 5.59. The first-order valence-electron chi connectivity index (χ1n) is 9.56. The molecule has 0 radical (unpaired) electrons. The van der Waals surface area contributed by atoms with Crippen molar-refractivity contribution in [1.82, 2.24) is 15.0 Å². The molecule has 0 fully saturated rings. The van der Waals surface area contributed by atoms with E-state index in [0.29, 0.717) is 40.3 Å². The third-order valence-electron chi connectivity index (χ3n) is 4.48. The van der Waals surface area contributed by atoms with Gasteiger partial charge in [0.15, 0.2) is 5.13 Å². The maximum atomic E-state index is 12.7. The lowest BCUT2D eigenvalue weighted by Crippen LogP contribution is -2.14. The van der Waals surface area contributed by atoms with Crippen LogP contribution in [-0.4, -0.2) is 15.0 Å². The van der Waals surface area contributed by atoms with Crippen LogP contribution in [0.25, 0.3) is 0 Å². The Morgan fingerprint density at radius 3 is 2.50 bits per heavy atom. The fourth-order valence-electron chi connectivity index (χ4n) is 2.88. The smallest absolute Gasteiger partial charge is 0.416 e. The van der Waals surface area contributed by atoms with Crippen molar-refractivity contribution in [1.29, 1.82) is 0 Å². The molecular weight excluding hydrogens is 439 g/mol. The van der Waals surface area contributed by atoms with E-state index in [2.05, 4.69) is 20.3 Å². The molecule has 6 nitrogen and oxygen atoms in total. The van der Waals surface area contributed by atoms with E-state index in [4.69, 9.17) is 10.5 Å². The summed E-state index contributed by atoms with van der Waals surface area (Å²) in [5.41, 5.74) is 6.86. The maximum absolute atomic E-state index is 12.7. The number of hydrogen-bond acceptors (Lipinski definition) is 7. The van der Waals surface area contributed by atoms with Crippen LogP contribution < -0.4 is 15.8 Å². The van der Waals surface area contributed by atoms with Crippen LogP contribution in [0.1, 0.15) is 22.9 Å². The number of hydrogen-bond donors (Lipinski definition) is 2. The first kappa shape index (κ1) is 21.7. The number of halogens is 3. The summed E-state index contributed by atoms with van der Waals surface area (Å²) in [7, 11) is 0. The van der Waals surface area contributed by atoms with Crippen LogP contribution in [0.2, 0.25) is 0 Å². The predicted molar refractivity (Wildman–Crippen MR) is 116 cm³/mol. The number of ether oxygens (including phenoxy) is 1. The Morgan fingerprint density at radius 2 is 1.78 bits per heavy atom. The Kier molecular flexibility index (Phi) is 6.33. The summed E-state index contributed by atoms with van der Waals surface area (Å²) < 4.78 is 43.8. The van der Waals surface area contributed by atoms with Gasteiger partial charge in [-0.05, 0) is 36.2 Å². The standard InChI is InChI=1S/C22H18F3N5OS/c23-22(24,25)15-8-6-14(7-9-15)10-17(26)18-12-32-21(29-18)30-19-11-20(28-13-27-19)31-16-4-2-1-3-5-16/h1-9,11-13,17H,10,26H2,(H,27,28,29,30). The summed E-state index contributed by atoms with van der Waals surface area (Å²) in [5, 5.41) is 5.47. The first-order chi connectivity index (χ1) is 15.4. The molecule has 10 heteroatoms. The molecule has 0 saturated heterocycles. The second-order valence-electron chi connectivity index (χ2n) is 6.86. The highest BCUT2D eigenvalue weighted by Crippen LogP contribution is 2.30. The van der Waals surface area contributed by atoms with Crippen molar-refractivity contribution < 1.29 is 17.9 Å². The molecule has 4 rings (SSSR count). The fraction of sp³-hybridized carbons (Fsp3) is 0.136. The number of benzene rings is 2. The lowest BCUT2D eigenvalue weighted by molar-refractivity contribution is -0.137. The van der Waals surface area contributed by atoms with Gasteiger partial charge in [-0.25, -0.2) is 15.0 Å². The van der Waals surface area contributed by atoms with Crippen molar-refractivity contribution in [3.05, 3.63) is 89.2 Å². The number of nitrogens with zero attached hydrogens (tertiary/aromatic N) is 3. The first-order valence-corrected chi connectivity index (χ1v) is 10.4. The van der Waals surface area contributed by atoms with Crippen LogP contribution in [0.4, 0.5) is 24.1 Å². The number of nitrogens with two attached hydrogens (primary N) is 1. The van der Waals surface area contributed by atoms with E-state index in [1.54, 1.807) is 11.4 Å². The number of aromatic nitrogens is 3. The zero-order chi connectivity index (χ0) is 22.6. The Hall–Kier alpha value is -3.50.